The lowest BCUT2D eigenvalue weighted by molar-refractivity contribution is -0.137. The van der Waals surface area contributed by atoms with Gasteiger partial charge in [0.05, 0.1) is 13.7 Å². The van der Waals surface area contributed by atoms with E-state index in [-0.39, 0.29) is 5.69 Å². The summed E-state index contributed by atoms with van der Waals surface area (Å²) >= 11 is 0. The molecule has 2 heterocycles. The minimum absolute atomic E-state index is 0.0870. The number of nitrogens with zero attached hydrogens (tertiary/aromatic N) is 1. The Kier molecular flexibility index (Phi) is 4.16. The van der Waals surface area contributed by atoms with E-state index in [1.807, 2.05) is 4.98 Å². The van der Waals surface area contributed by atoms with Gasteiger partial charge in [-0.2, -0.15) is 0 Å². The number of aromatic nitrogens is 2. The van der Waals surface area contributed by atoms with E-state index in [0.717, 1.165) is 10.8 Å². The van der Waals surface area contributed by atoms with E-state index in [2.05, 4.69) is 10.3 Å². The lowest BCUT2D eigenvalue weighted by Gasteiger charge is -2.29. The van der Waals surface area contributed by atoms with E-state index in [1.54, 1.807) is 0 Å². The molecule has 1 aliphatic heterocycles. The minimum atomic E-state index is -1.65. The quantitative estimate of drug-likeness (QED) is 0.377. The predicted molar refractivity (Wildman–Crippen MR) is 69.6 cm³/mol. The molecule has 21 heavy (non-hydrogen) atoms. The summed E-state index contributed by atoms with van der Waals surface area (Å²) in [5.74, 6) is 0. The second kappa shape index (κ2) is 5.58. The van der Waals surface area contributed by atoms with Gasteiger partial charge in [-0.25, -0.2) is 4.79 Å². The van der Waals surface area contributed by atoms with E-state index in [1.165, 1.54) is 14.0 Å². The van der Waals surface area contributed by atoms with Gasteiger partial charge in [0.2, 0.25) is 0 Å². The topological polar surface area (TPSA) is 146 Å². The predicted octanol–water partition coefficient (Wildman–Crippen LogP) is -2.70. The lowest BCUT2D eigenvalue weighted by atomic mass is 10.0. The molecule has 5 N–H and O–H groups in total. The van der Waals surface area contributed by atoms with Crippen molar-refractivity contribution in [1.29, 1.82) is 0 Å². The molecule has 1 fully saturated rings. The molecule has 0 radical (unpaired) electrons. The molecule has 4 atom stereocenters. The van der Waals surface area contributed by atoms with Crippen molar-refractivity contribution >= 4 is 5.69 Å². The van der Waals surface area contributed by atoms with Crippen molar-refractivity contribution in [2.24, 2.45) is 0 Å². The van der Waals surface area contributed by atoms with Crippen molar-refractivity contribution in [1.82, 2.24) is 9.55 Å². The maximum atomic E-state index is 11.9. The first kappa shape index (κ1) is 15.7. The van der Waals surface area contributed by atoms with Crippen molar-refractivity contribution < 1.29 is 24.9 Å². The van der Waals surface area contributed by atoms with Crippen molar-refractivity contribution in [2.45, 2.75) is 31.0 Å². The first-order valence-corrected chi connectivity index (χ1v) is 6.15. The molecular weight excluding hydrogens is 286 g/mol. The van der Waals surface area contributed by atoms with Crippen LogP contribution in [0, 0.1) is 0 Å². The molecule has 0 bridgehead atoms. The number of aromatic amines is 1. The Bertz CT molecular complexity index is 627. The highest BCUT2D eigenvalue weighted by Gasteiger charge is 2.52. The third-order valence-electron chi connectivity index (χ3n) is 3.46. The fourth-order valence-electron chi connectivity index (χ4n) is 2.29. The molecule has 1 aromatic heterocycles. The van der Waals surface area contributed by atoms with Crippen LogP contribution in [0.25, 0.3) is 0 Å². The standard InChI is InChI=1S/C11H17N3O7/c1-11(8(17)7(16)6(4-15)21-11)14-3-5(13-20-2)9(18)12-10(14)19/h3,6-8,13,15-17H,4H2,1-2H3,(H,12,18,19)/t6-,7-,8-,11-/m1/s1. The Morgan fingerprint density at radius 2 is 2.19 bits per heavy atom. The zero-order chi connectivity index (χ0) is 15.8. The molecule has 0 aromatic carbocycles. The molecule has 118 valence electrons. The van der Waals surface area contributed by atoms with Crippen molar-refractivity contribution in [3.63, 3.8) is 0 Å². The second-order valence-electron chi connectivity index (χ2n) is 4.81. The monoisotopic (exact) mass is 303 g/mol. The van der Waals surface area contributed by atoms with E-state index >= 15 is 0 Å². The molecule has 0 unspecified atom stereocenters. The van der Waals surface area contributed by atoms with Crippen molar-refractivity contribution in [3.8, 4) is 0 Å². The normalized spacial score (nSPS) is 32.3. The molecule has 1 aliphatic rings. The van der Waals surface area contributed by atoms with Crippen LogP contribution in [-0.4, -0.2) is 56.9 Å². The second-order valence-corrected chi connectivity index (χ2v) is 4.81. The van der Waals surface area contributed by atoms with Gasteiger partial charge in [0, 0.05) is 6.20 Å². The van der Waals surface area contributed by atoms with Gasteiger partial charge in [-0.05, 0) is 6.92 Å². The van der Waals surface area contributed by atoms with Crippen LogP contribution in [0.5, 0.6) is 0 Å². The summed E-state index contributed by atoms with van der Waals surface area (Å²) in [6.07, 6.45) is -2.81. The molecule has 0 spiro atoms. The number of H-pyrrole nitrogens is 1. The summed E-state index contributed by atoms with van der Waals surface area (Å²) in [6.45, 7) is 0.821. The Labute approximate surface area is 118 Å². The zero-order valence-electron chi connectivity index (χ0n) is 11.4. The number of aliphatic hydroxyl groups excluding tert-OH is 3. The molecule has 0 amide bonds. The number of hydrogen-bond donors (Lipinski definition) is 5. The zero-order valence-corrected chi connectivity index (χ0v) is 11.4. The van der Waals surface area contributed by atoms with Gasteiger partial charge in [0.25, 0.3) is 5.56 Å². The first-order chi connectivity index (χ1) is 9.85. The van der Waals surface area contributed by atoms with E-state index in [9.17, 15) is 19.8 Å². The smallest absolute Gasteiger partial charge is 0.330 e. The lowest BCUT2D eigenvalue weighted by Crippen LogP contribution is -2.49. The number of hydrogen-bond acceptors (Lipinski definition) is 8. The van der Waals surface area contributed by atoms with Gasteiger partial charge < -0.3 is 20.1 Å². The van der Waals surface area contributed by atoms with Gasteiger partial charge in [-0.15, -0.1) is 0 Å². The summed E-state index contributed by atoms with van der Waals surface area (Å²) in [5, 5.41) is 29.0. The fourth-order valence-corrected chi connectivity index (χ4v) is 2.29. The summed E-state index contributed by atoms with van der Waals surface area (Å²) < 4.78 is 6.30. The summed E-state index contributed by atoms with van der Waals surface area (Å²) in [7, 11) is 1.28. The Balaban J connectivity index is 2.53. The van der Waals surface area contributed by atoms with Gasteiger partial charge in [-0.3, -0.25) is 24.7 Å². The van der Waals surface area contributed by atoms with Crippen molar-refractivity contribution in [3.05, 3.63) is 27.0 Å². The number of nitrogens with one attached hydrogen (secondary N) is 2. The van der Waals surface area contributed by atoms with Crippen LogP contribution in [0.15, 0.2) is 15.8 Å². The van der Waals surface area contributed by atoms with E-state index in [0.29, 0.717) is 0 Å². The maximum Gasteiger partial charge on any atom is 0.330 e. The number of ether oxygens (including phenoxy) is 1. The molecule has 0 saturated carbocycles. The highest BCUT2D eigenvalue weighted by atomic mass is 16.6. The van der Waals surface area contributed by atoms with E-state index < -0.39 is 41.9 Å². The van der Waals surface area contributed by atoms with Crippen LogP contribution >= 0.6 is 0 Å². The van der Waals surface area contributed by atoms with Crippen LogP contribution in [0.1, 0.15) is 6.92 Å². The maximum absolute atomic E-state index is 11.9. The highest BCUT2D eigenvalue weighted by molar-refractivity contribution is 5.35. The SMILES string of the molecule is CONc1cn([C@]2(C)O[C@H](CO)[C@@H](O)[C@H]2O)c(=O)[nH]c1=O. The number of rotatable bonds is 4. The van der Waals surface area contributed by atoms with Crippen LogP contribution in [0.2, 0.25) is 0 Å². The molecule has 10 heteroatoms. The fraction of sp³-hybridized carbons (Fsp3) is 0.636. The molecular formula is C11H17N3O7. The average molecular weight is 303 g/mol. The van der Waals surface area contributed by atoms with Gasteiger partial charge in [0.15, 0.2) is 5.72 Å². The van der Waals surface area contributed by atoms with Crippen LogP contribution in [0.4, 0.5) is 5.69 Å². The molecule has 10 nitrogen and oxygen atoms in total. The van der Waals surface area contributed by atoms with Gasteiger partial charge >= 0.3 is 5.69 Å². The summed E-state index contributed by atoms with van der Waals surface area (Å²) in [5.41, 5.74) is -1.01. The number of aliphatic hydroxyl groups is 3. The Morgan fingerprint density at radius 1 is 1.52 bits per heavy atom. The van der Waals surface area contributed by atoms with Gasteiger partial charge in [0.1, 0.15) is 24.0 Å². The summed E-state index contributed by atoms with van der Waals surface area (Å²) in [6, 6.07) is 0. The molecule has 2 rings (SSSR count). The first-order valence-electron chi connectivity index (χ1n) is 6.15. The average Bonchev–Trinajstić information content (AvgIpc) is 2.67. The molecule has 0 aliphatic carbocycles. The highest BCUT2D eigenvalue weighted by Crippen LogP contribution is 2.34. The number of anilines is 1. The largest absolute Gasteiger partial charge is 0.394 e. The Hall–Kier alpha value is -1.72. The third-order valence-corrected chi connectivity index (χ3v) is 3.46. The minimum Gasteiger partial charge on any atom is -0.394 e. The van der Waals surface area contributed by atoms with Gasteiger partial charge in [-0.1, -0.05) is 0 Å². The molecule has 1 saturated heterocycles. The summed E-state index contributed by atoms with van der Waals surface area (Å²) in [4.78, 5) is 30.2. The van der Waals surface area contributed by atoms with Crippen molar-refractivity contribution in [2.75, 3.05) is 19.2 Å². The van der Waals surface area contributed by atoms with Crippen LogP contribution < -0.4 is 16.7 Å². The Morgan fingerprint density at radius 3 is 2.71 bits per heavy atom. The third kappa shape index (κ3) is 2.47. The molecule has 1 aromatic rings. The van der Waals surface area contributed by atoms with Crippen LogP contribution in [0.3, 0.4) is 0 Å². The van der Waals surface area contributed by atoms with E-state index in [4.69, 9.17) is 9.84 Å². The van der Waals surface area contributed by atoms with Crippen LogP contribution in [-0.2, 0) is 15.3 Å².